The molecule has 6 nitrogen and oxygen atoms in total. The average Bonchev–Trinajstić information content (AvgIpc) is 3.12. The van der Waals surface area contributed by atoms with Crippen molar-refractivity contribution in [3.8, 4) is 0 Å². The molecule has 2 atom stereocenters. The number of hydrogen-bond donors (Lipinski definition) is 1. The Kier molecular flexibility index (Phi) is 6.67. The minimum absolute atomic E-state index is 0.0944. The zero-order valence-electron chi connectivity index (χ0n) is 17.6. The third-order valence-electron chi connectivity index (χ3n) is 6.24. The number of aryl methyl sites for hydroxylation is 1. The van der Waals surface area contributed by atoms with Crippen molar-refractivity contribution in [2.24, 2.45) is 0 Å². The van der Waals surface area contributed by atoms with E-state index < -0.39 is 15.9 Å². The summed E-state index contributed by atoms with van der Waals surface area (Å²) < 4.78 is 23.7. The molecular formula is C23H28ClN3O3S. The van der Waals surface area contributed by atoms with Gasteiger partial charge in [-0.3, -0.25) is 14.6 Å². The Hall–Kier alpha value is -1.93. The van der Waals surface area contributed by atoms with Crippen LogP contribution in [0, 0.1) is 6.92 Å². The third-order valence-corrected chi connectivity index (χ3v) is 8.40. The molecule has 0 aromatic heterocycles. The van der Waals surface area contributed by atoms with Gasteiger partial charge in [0, 0.05) is 42.9 Å². The van der Waals surface area contributed by atoms with Crippen LogP contribution in [-0.4, -0.2) is 67.9 Å². The molecule has 0 bridgehead atoms. The van der Waals surface area contributed by atoms with Crippen LogP contribution in [0.2, 0.25) is 5.02 Å². The molecule has 0 spiro atoms. The van der Waals surface area contributed by atoms with Crippen LogP contribution in [0.4, 0.5) is 5.69 Å². The number of nitrogens with one attached hydrogen (secondary N) is 1. The summed E-state index contributed by atoms with van der Waals surface area (Å²) in [7, 11) is -2.90. The lowest BCUT2D eigenvalue weighted by Crippen LogP contribution is -2.53. The largest absolute Gasteiger partial charge is 0.324 e. The van der Waals surface area contributed by atoms with Gasteiger partial charge in [0.2, 0.25) is 5.91 Å². The predicted octanol–water partition coefficient (Wildman–Crippen LogP) is 3.13. The Balaban J connectivity index is 1.48. The standard InChI is InChI=1S/C23H28ClN3O3S/c1-17-7-8-19(15-21(17)24)25-23(28)22(18-5-3-2-4-6-18)27-12-10-26(11-13-27)20-9-14-31(29,30)16-20/h2-8,15,20,22H,9-14,16H2,1H3,(H,25,28)/t20-,22+/m0/s1. The molecule has 166 valence electrons. The molecule has 4 rings (SSSR count). The summed E-state index contributed by atoms with van der Waals surface area (Å²) in [5.41, 5.74) is 2.58. The van der Waals surface area contributed by atoms with Gasteiger partial charge in [-0.25, -0.2) is 8.42 Å². The number of benzene rings is 2. The van der Waals surface area contributed by atoms with E-state index in [-0.39, 0.29) is 23.5 Å². The quantitative estimate of drug-likeness (QED) is 0.740. The lowest BCUT2D eigenvalue weighted by molar-refractivity contribution is -0.122. The number of carbonyl (C=O) groups excluding carboxylic acids is 1. The van der Waals surface area contributed by atoms with Crippen LogP contribution in [0.25, 0.3) is 0 Å². The fraction of sp³-hybridized carbons (Fsp3) is 0.435. The van der Waals surface area contributed by atoms with Crippen molar-refractivity contribution in [3.05, 3.63) is 64.7 Å². The van der Waals surface area contributed by atoms with Gasteiger partial charge < -0.3 is 5.32 Å². The molecule has 0 aliphatic carbocycles. The van der Waals surface area contributed by atoms with Gasteiger partial charge in [-0.1, -0.05) is 48.0 Å². The molecule has 1 N–H and O–H groups in total. The molecule has 2 aromatic carbocycles. The topological polar surface area (TPSA) is 69.7 Å². The summed E-state index contributed by atoms with van der Waals surface area (Å²) in [6, 6.07) is 15.0. The molecule has 31 heavy (non-hydrogen) atoms. The van der Waals surface area contributed by atoms with Gasteiger partial charge in [-0.15, -0.1) is 0 Å². The van der Waals surface area contributed by atoms with Crippen LogP contribution >= 0.6 is 11.6 Å². The zero-order chi connectivity index (χ0) is 22.0. The number of anilines is 1. The molecule has 2 aliphatic rings. The number of piperazine rings is 1. The van der Waals surface area contributed by atoms with Crippen molar-refractivity contribution >= 4 is 33.0 Å². The van der Waals surface area contributed by atoms with Gasteiger partial charge in [0.25, 0.3) is 0 Å². The maximum Gasteiger partial charge on any atom is 0.246 e. The Morgan fingerprint density at radius 2 is 1.81 bits per heavy atom. The molecule has 1 amide bonds. The second-order valence-electron chi connectivity index (χ2n) is 8.40. The molecule has 0 radical (unpaired) electrons. The highest BCUT2D eigenvalue weighted by atomic mass is 35.5. The fourth-order valence-corrected chi connectivity index (χ4v) is 6.41. The second-order valence-corrected chi connectivity index (χ2v) is 11.0. The summed E-state index contributed by atoms with van der Waals surface area (Å²) in [4.78, 5) is 17.8. The SMILES string of the molecule is Cc1ccc(NC(=O)[C@@H](c2ccccc2)N2CCN([C@H]3CCS(=O)(=O)C3)CC2)cc1Cl. The first kappa shape index (κ1) is 22.3. The van der Waals surface area contributed by atoms with Crippen molar-refractivity contribution in [2.75, 3.05) is 43.0 Å². The van der Waals surface area contributed by atoms with Crippen LogP contribution in [0.1, 0.15) is 23.6 Å². The van der Waals surface area contributed by atoms with Crippen molar-refractivity contribution in [2.45, 2.75) is 25.4 Å². The molecule has 2 heterocycles. The number of amides is 1. The molecular weight excluding hydrogens is 434 g/mol. The van der Waals surface area contributed by atoms with Gasteiger partial charge in [-0.05, 0) is 36.6 Å². The highest BCUT2D eigenvalue weighted by Crippen LogP contribution is 2.27. The molecule has 8 heteroatoms. The zero-order valence-corrected chi connectivity index (χ0v) is 19.2. The summed E-state index contributed by atoms with van der Waals surface area (Å²) in [5.74, 6) is 0.443. The first-order chi connectivity index (χ1) is 14.8. The third kappa shape index (κ3) is 5.29. The number of halogens is 1. The Labute approximate surface area is 189 Å². The van der Waals surface area contributed by atoms with Gasteiger partial charge in [0.05, 0.1) is 11.5 Å². The van der Waals surface area contributed by atoms with Crippen molar-refractivity contribution < 1.29 is 13.2 Å². The second kappa shape index (κ2) is 9.28. The van der Waals surface area contributed by atoms with Gasteiger partial charge >= 0.3 is 0 Å². The summed E-state index contributed by atoms with van der Waals surface area (Å²) in [6.07, 6.45) is 0.707. The maximum absolute atomic E-state index is 13.3. The monoisotopic (exact) mass is 461 g/mol. The van der Waals surface area contributed by atoms with E-state index in [2.05, 4.69) is 15.1 Å². The molecule has 2 aliphatic heterocycles. The van der Waals surface area contributed by atoms with Crippen LogP contribution in [0.5, 0.6) is 0 Å². The molecule has 2 saturated heterocycles. The molecule has 0 unspecified atom stereocenters. The lowest BCUT2D eigenvalue weighted by atomic mass is 10.0. The van der Waals surface area contributed by atoms with E-state index in [1.54, 1.807) is 6.07 Å². The van der Waals surface area contributed by atoms with E-state index in [0.29, 0.717) is 30.2 Å². The van der Waals surface area contributed by atoms with Crippen molar-refractivity contribution in [3.63, 3.8) is 0 Å². The van der Waals surface area contributed by atoms with Crippen molar-refractivity contribution in [1.29, 1.82) is 0 Å². The normalized spacial score (nSPS) is 22.8. The number of nitrogens with zero attached hydrogens (tertiary/aromatic N) is 2. The van der Waals surface area contributed by atoms with E-state index in [9.17, 15) is 13.2 Å². The van der Waals surface area contributed by atoms with E-state index in [1.807, 2.05) is 49.4 Å². The van der Waals surface area contributed by atoms with Gasteiger partial charge in [0.15, 0.2) is 9.84 Å². The predicted molar refractivity (Wildman–Crippen MR) is 124 cm³/mol. The van der Waals surface area contributed by atoms with E-state index in [0.717, 1.165) is 24.2 Å². The Morgan fingerprint density at radius 1 is 1.10 bits per heavy atom. The number of carbonyl (C=O) groups is 1. The summed E-state index contributed by atoms with van der Waals surface area (Å²) >= 11 is 6.23. The number of hydrogen-bond acceptors (Lipinski definition) is 5. The maximum atomic E-state index is 13.3. The Bertz CT molecular complexity index is 1040. The highest BCUT2D eigenvalue weighted by Gasteiger charge is 2.36. The first-order valence-corrected chi connectivity index (χ1v) is 12.8. The van der Waals surface area contributed by atoms with E-state index >= 15 is 0 Å². The van der Waals surface area contributed by atoms with Crippen LogP contribution in [0.15, 0.2) is 48.5 Å². The van der Waals surface area contributed by atoms with Crippen LogP contribution in [0.3, 0.4) is 0 Å². The summed E-state index contributed by atoms with van der Waals surface area (Å²) in [6.45, 7) is 4.85. The van der Waals surface area contributed by atoms with Crippen LogP contribution < -0.4 is 5.32 Å². The smallest absolute Gasteiger partial charge is 0.246 e. The summed E-state index contributed by atoms with van der Waals surface area (Å²) in [5, 5.41) is 3.64. The van der Waals surface area contributed by atoms with E-state index in [4.69, 9.17) is 11.6 Å². The number of rotatable bonds is 5. The molecule has 2 aromatic rings. The van der Waals surface area contributed by atoms with Gasteiger partial charge in [-0.2, -0.15) is 0 Å². The minimum atomic E-state index is -2.90. The lowest BCUT2D eigenvalue weighted by Gasteiger charge is -2.40. The Morgan fingerprint density at radius 3 is 2.42 bits per heavy atom. The molecule has 2 fully saturated rings. The fourth-order valence-electron chi connectivity index (χ4n) is 4.47. The average molecular weight is 462 g/mol. The van der Waals surface area contributed by atoms with E-state index in [1.165, 1.54) is 0 Å². The number of sulfone groups is 1. The van der Waals surface area contributed by atoms with Crippen molar-refractivity contribution in [1.82, 2.24) is 9.80 Å². The minimum Gasteiger partial charge on any atom is -0.324 e. The molecule has 0 saturated carbocycles. The first-order valence-electron chi connectivity index (χ1n) is 10.6. The highest BCUT2D eigenvalue weighted by molar-refractivity contribution is 7.91. The van der Waals surface area contributed by atoms with Gasteiger partial charge in [0.1, 0.15) is 6.04 Å². The van der Waals surface area contributed by atoms with Crippen LogP contribution in [-0.2, 0) is 14.6 Å².